The number of anilines is 1. The maximum absolute atomic E-state index is 8.75. The molecule has 1 saturated heterocycles. The Balaban J connectivity index is 1.97. The van der Waals surface area contributed by atoms with Crippen LogP contribution in [0.2, 0.25) is 0 Å². The maximum atomic E-state index is 8.75. The monoisotopic (exact) mass is 264 g/mol. The van der Waals surface area contributed by atoms with Crippen molar-refractivity contribution in [3.8, 4) is 0 Å². The number of hydrogen-bond acceptors (Lipinski definition) is 5. The molecule has 5 nitrogen and oxygen atoms in total. The number of aliphatic hydroxyl groups is 1. The first-order valence-electron chi connectivity index (χ1n) is 7.20. The Labute approximate surface area is 115 Å². The Morgan fingerprint density at radius 2 is 2.05 bits per heavy atom. The summed E-state index contributed by atoms with van der Waals surface area (Å²) in [5, 5.41) is 12.0. The van der Waals surface area contributed by atoms with E-state index in [0.717, 1.165) is 49.9 Å². The number of aliphatic hydroxyl groups excluding tert-OH is 1. The Kier molecular flexibility index (Phi) is 5.54. The first kappa shape index (κ1) is 14.2. The van der Waals surface area contributed by atoms with E-state index in [1.807, 2.05) is 13.0 Å². The normalized spacial score (nSPS) is 15.8. The second kappa shape index (κ2) is 7.40. The zero-order valence-electron chi connectivity index (χ0n) is 11.7. The predicted octanol–water partition coefficient (Wildman–Crippen LogP) is 1.25. The summed E-state index contributed by atoms with van der Waals surface area (Å²) in [6, 6.07) is 2.03. The Morgan fingerprint density at radius 3 is 2.79 bits per heavy atom. The summed E-state index contributed by atoms with van der Waals surface area (Å²) >= 11 is 0. The van der Waals surface area contributed by atoms with Gasteiger partial charge in [0.15, 0.2) is 0 Å². The molecule has 0 radical (unpaired) electrons. The van der Waals surface area contributed by atoms with Gasteiger partial charge in [-0.05, 0) is 45.2 Å². The van der Waals surface area contributed by atoms with E-state index in [-0.39, 0.29) is 6.61 Å². The average Bonchev–Trinajstić information content (AvgIpc) is 2.44. The third-order valence-corrected chi connectivity index (χ3v) is 3.35. The van der Waals surface area contributed by atoms with Gasteiger partial charge in [0.2, 0.25) is 5.95 Å². The van der Waals surface area contributed by atoms with Crippen molar-refractivity contribution >= 4 is 5.95 Å². The summed E-state index contributed by atoms with van der Waals surface area (Å²) in [6.07, 6.45) is 4.57. The number of aromatic nitrogens is 2. The lowest BCUT2D eigenvalue weighted by Gasteiger charge is -2.27. The molecule has 106 valence electrons. The molecule has 0 unspecified atom stereocenters. The molecule has 0 spiro atoms. The second-order valence-corrected chi connectivity index (χ2v) is 5.10. The van der Waals surface area contributed by atoms with Gasteiger partial charge in [-0.25, -0.2) is 9.97 Å². The number of nitrogens with zero attached hydrogens (tertiary/aromatic N) is 3. The van der Waals surface area contributed by atoms with Gasteiger partial charge in [0.05, 0.1) is 5.69 Å². The van der Waals surface area contributed by atoms with E-state index >= 15 is 0 Å². The van der Waals surface area contributed by atoms with Crippen molar-refractivity contribution in [3.63, 3.8) is 0 Å². The van der Waals surface area contributed by atoms with E-state index in [1.165, 1.54) is 19.3 Å². The Bertz CT molecular complexity index is 391. The average molecular weight is 264 g/mol. The number of piperidine rings is 1. The zero-order chi connectivity index (χ0) is 13.5. The van der Waals surface area contributed by atoms with E-state index < -0.39 is 0 Å². The highest BCUT2D eigenvalue weighted by Crippen LogP contribution is 2.16. The van der Waals surface area contributed by atoms with Crippen molar-refractivity contribution in [1.82, 2.24) is 15.3 Å². The fourth-order valence-corrected chi connectivity index (χ4v) is 2.36. The van der Waals surface area contributed by atoms with Crippen molar-refractivity contribution < 1.29 is 5.11 Å². The zero-order valence-corrected chi connectivity index (χ0v) is 11.7. The topological polar surface area (TPSA) is 61.3 Å². The van der Waals surface area contributed by atoms with Crippen molar-refractivity contribution in [2.45, 2.75) is 39.2 Å². The highest BCUT2D eigenvalue weighted by molar-refractivity contribution is 5.32. The molecule has 0 bridgehead atoms. The van der Waals surface area contributed by atoms with Crippen molar-refractivity contribution in [1.29, 1.82) is 0 Å². The predicted molar refractivity (Wildman–Crippen MR) is 76.2 cm³/mol. The molecule has 2 heterocycles. The van der Waals surface area contributed by atoms with Crippen LogP contribution in [0, 0.1) is 6.92 Å². The van der Waals surface area contributed by atoms with Crippen LogP contribution in [0.5, 0.6) is 0 Å². The minimum Gasteiger partial charge on any atom is -0.396 e. The van der Waals surface area contributed by atoms with Gasteiger partial charge in [0.25, 0.3) is 0 Å². The van der Waals surface area contributed by atoms with Gasteiger partial charge >= 0.3 is 0 Å². The lowest BCUT2D eigenvalue weighted by molar-refractivity contribution is 0.286. The molecule has 0 aliphatic carbocycles. The maximum Gasteiger partial charge on any atom is 0.225 e. The Morgan fingerprint density at radius 1 is 1.26 bits per heavy atom. The highest BCUT2D eigenvalue weighted by Gasteiger charge is 2.14. The number of aryl methyl sites for hydroxylation is 1. The molecule has 1 aliphatic heterocycles. The standard InChI is InChI=1S/C14H24N4O/c1-12-10-13(11-15-6-5-9-19)17-14(16-12)18-7-3-2-4-8-18/h10,15,19H,2-9,11H2,1H3. The molecule has 1 aromatic heterocycles. The first-order chi connectivity index (χ1) is 9.29. The van der Waals surface area contributed by atoms with E-state index in [0.29, 0.717) is 0 Å². The molecular formula is C14H24N4O. The molecule has 1 aromatic rings. The van der Waals surface area contributed by atoms with Crippen LogP contribution in [0.3, 0.4) is 0 Å². The first-order valence-corrected chi connectivity index (χ1v) is 7.20. The molecule has 0 amide bonds. The molecule has 0 aromatic carbocycles. The van der Waals surface area contributed by atoms with Crippen molar-refractivity contribution in [3.05, 3.63) is 17.5 Å². The largest absolute Gasteiger partial charge is 0.396 e. The van der Waals surface area contributed by atoms with Crippen LogP contribution < -0.4 is 10.2 Å². The van der Waals surface area contributed by atoms with Crippen LogP contribution in [0.15, 0.2) is 6.07 Å². The van der Waals surface area contributed by atoms with Gasteiger partial charge in [-0.15, -0.1) is 0 Å². The van der Waals surface area contributed by atoms with Gasteiger partial charge in [-0.3, -0.25) is 0 Å². The fourth-order valence-electron chi connectivity index (χ4n) is 2.36. The molecule has 5 heteroatoms. The number of rotatable bonds is 6. The smallest absolute Gasteiger partial charge is 0.225 e. The molecule has 0 atom stereocenters. The van der Waals surface area contributed by atoms with E-state index in [4.69, 9.17) is 5.11 Å². The quantitative estimate of drug-likeness (QED) is 0.757. The Hall–Kier alpha value is -1.20. The van der Waals surface area contributed by atoms with Gasteiger partial charge in [0.1, 0.15) is 0 Å². The van der Waals surface area contributed by atoms with Crippen LogP contribution >= 0.6 is 0 Å². The second-order valence-electron chi connectivity index (χ2n) is 5.10. The molecule has 1 fully saturated rings. The molecule has 1 aliphatic rings. The van der Waals surface area contributed by atoms with Crippen LogP contribution in [-0.4, -0.2) is 41.3 Å². The number of hydrogen-bond donors (Lipinski definition) is 2. The van der Waals surface area contributed by atoms with Crippen LogP contribution in [-0.2, 0) is 6.54 Å². The number of nitrogens with one attached hydrogen (secondary N) is 1. The van der Waals surface area contributed by atoms with Gasteiger partial charge in [-0.1, -0.05) is 0 Å². The summed E-state index contributed by atoms with van der Waals surface area (Å²) in [6.45, 7) is 5.95. The van der Waals surface area contributed by atoms with Gasteiger partial charge in [0, 0.05) is 31.9 Å². The summed E-state index contributed by atoms with van der Waals surface area (Å²) in [4.78, 5) is 11.5. The lowest BCUT2D eigenvalue weighted by Crippen LogP contribution is -2.31. The molecule has 19 heavy (non-hydrogen) atoms. The minimum atomic E-state index is 0.231. The molecule has 2 N–H and O–H groups in total. The SMILES string of the molecule is Cc1cc(CNCCCO)nc(N2CCCCC2)n1. The molecular weight excluding hydrogens is 240 g/mol. The minimum absolute atomic E-state index is 0.231. The molecule has 2 rings (SSSR count). The van der Waals surface area contributed by atoms with Crippen LogP contribution in [0.4, 0.5) is 5.95 Å². The highest BCUT2D eigenvalue weighted by atomic mass is 16.3. The fraction of sp³-hybridized carbons (Fsp3) is 0.714. The molecule has 0 saturated carbocycles. The van der Waals surface area contributed by atoms with E-state index in [9.17, 15) is 0 Å². The van der Waals surface area contributed by atoms with E-state index in [1.54, 1.807) is 0 Å². The third kappa shape index (κ3) is 4.44. The van der Waals surface area contributed by atoms with Gasteiger partial charge < -0.3 is 15.3 Å². The van der Waals surface area contributed by atoms with Crippen molar-refractivity contribution in [2.75, 3.05) is 31.1 Å². The summed E-state index contributed by atoms with van der Waals surface area (Å²) in [5.74, 6) is 0.874. The summed E-state index contributed by atoms with van der Waals surface area (Å²) < 4.78 is 0. The lowest BCUT2D eigenvalue weighted by atomic mass is 10.1. The van der Waals surface area contributed by atoms with Crippen molar-refractivity contribution in [2.24, 2.45) is 0 Å². The summed E-state index contributed by atoms with van der Waals surface area (Å²) in [7, 11) is 0. The van der Waals surface area contributed by atoms with Crippen LogP contribution in [0.25, 0.3) is 0 Å². The van der Waals surface area contributed by atoms with E-state index in [2.05, 4.69) is 20.2 Å². The van der Waals surface area contributed by atoms with Crippen LogP contribution in [0.1, 0.15) is 37.1 Å². The van der Waals surface area contributed by atoms with Gasteiger partial charge in [-0.2, -0.15) is 0 Å². The summed E-state index contributed by atoms with van der Waals surface area (Å²) in [5.41, 5.74) is 2.06. The third-order valence-electron chi connectivity index (χ3n) is 3.35.